The number of ether oxygens (including phenoxy) is 2. The monoisotopic (exact) mass is 401 g/mol. The molecule has 2 aromatic carbocycles. The van der Waals surface area contributed by atoms with Gasteiger partial charge in [-0.3, -0.25) is 0 Å². The van der Waals surface area contributed by atoms with Crippen molar-refractivity contribution in [2.75, 3.05) is 19.5 Å². The zero-order valence-electron chi connectivity index (χ0n) is 17.9. The highest BCUT2D eigenvalue weighted by molar-refractivity contribution is 7.96. The summed E-state index contributed by atoms with van der Waals surface area (Å²) < 4.78 is 11.7. The van der Waals surface area contributed by atoms with Crippen LogP contribution in [0.15, 0.2) is 58.3 Å². The molecule has 0 saturated carbocycles. The molecule has 2 aromatic rings. The second-order valence-corrected chi connectivity index (χ2v) is 9.23. The van der Waals surface area contributed by atoms with E-state index < -0.39 is 0 Å². The molecule has 2 rings (SSSR count). The van der Waals surface area contributed by atoms with Gasteiger partial charge in [0, 0.05) is 0 Å². The van der Waals surface area contributed by atoms with Gasteiger partial charge >= 0.3 is 0 Å². The van der Waals surface area contributed by atoms with Crippen molar-refractivity contribution in [3.05, 3.63) is 48.5 Å². The van der Waals surface area contributed by atoms with Crippen LogP contribution >= 0.6 is 0 Å². The zero-order valence-corrected chi connectivity index (χ0v) is 18.7. The second-order valence-electron chi connectivity index (χ2n) is 7.27. The van der Waals surface area contributed by atoms with Gasteiger partial charge in [-0.1, -0.05) is 52.4 Å². The lowest BCUT2D eigenvalue weighted by atomic mass is 10.2. The summed E-state index contributed by atoms with van der Waals surface area (Å²) in [5, 5.41) is 0. The fourth-order valence-electron chi connectivity index (χ4n) is 3.05. The Morgan fingerprint density at radius 1 is 0.571 bits per heavy atom. The van der Waals surface area contributed by atoms with Gasteiger partial charge in [0.2, 0.25) is 0 Å². The van der Waals surface area contributed by atoms with Crippen molar-refractivity contribution in [3.63, 3.8) is 0 Å². The van der Waals surface area contributed by atoms with Gasteiger partial charge in [0.25, 0.3) is 0 Å². The minimum atomic E-state index is 0.0555. The summed E-state index contributed by atoms with van der Waals surface area (Å²) in [5.74, 6) is 1.95. The first kappa shape index (κ1) is 22.7. The molecular weight excluding hydrogens is 364 g/mol. The Kier molecular flexibility index (Phi) is 11.0. The minimum absolute atomic E-state index is 0.0555. The van der Waals surface area contributed by atoms with E-state index >= 15 is 0 Å². The average molecular weight is 402 g/mol. The Balaban J connectivity index is 1.79. The fraction of sp³-hybridized carbons (Fsp3) is 0.520. The van der Waals surface area contributed by atoms with Crippen LogP contribution in [0.2, 0.25) is 0 Å². The van der Waals surface area contributed by atoms with Crippen LogP contribution in [-0.4, -0.2) is 19.5 Å². The van der Waals surface area contributed by atoms with E-state index in [2.05, 4.69) is 68.6 Å². The largest absolute Gasteiger partial charge is 0.494 e. The second kappa shape index (κ2) is 13.5. The van der Waals surface area contributed by atoms with Crippen LogP contribution in [0.3, 0.4) is 0 Å². The van der Waals surface area contributed by atoms with Crippen LogP contribution in [0.1, 0.15) is 65.2 Å². The molecule has 2 nitrogen and oxygen atoms in total. The quantitative estimate of drug-likeness (QED) is 0.245. The van der Waals surface area contributed by atoms with E-state index in [-0.39, 0.29) is 10.9 Å². The van der Waals surface area contributed by atoms with Crippen molar-refractivity contribution in [1.29, 1.82) is 0 Å². The van der Waals surface area contributed by atoms with E-state index in [0.29, 0.717) is 0 Å². The summed E-state index contributed by atoms with van der Waals surface area (Å²) >= 11 is 0. The maximum atomic E-state index is 5.86. The summed E-state index contributed by atoms with van der Waals surface area (Å²) in [7, 11) is 0.0555. The first-order valence-corrected chi connectivity index (χ1v) is 12.5. The topological polar surface area (TPSA) is 18.5 Å². The van der Waals surface area contributed by atoms with Gasteiger partial charge in [0.1, 0.15) is 17.8 Å². The number of hydrogen-bond acceptors (Lipinski definition) is 2. The normalized spacial score (nSPS) is 11.0. The SMILES string of the molecule is CCCCCCOc1ccc([S+](C)c2ccc(OCCCCCC)cc2)cc1. The van der Waals surface area contributed by atoms with Gasteiger partial charge in [0.15, 0.2) is 9.79 Å². The van der Waals surface area contributed by atoms with Crippen molar-refractivity contribution >= 4 is 10.9 Å². The molecule has 0 atom stereocenters. The van der Waals surface area contributed by atoms with E-state index in [1.165, 1.54) is 48.3 Å². The Labute approximate surface area is 175 Å². The van der Waals surface area contributed by atoms with Gasteiger partial charge in [0.05, 0.1) is 24.1 Å². The number of benzene rings is 2. The molecule has 0 aliphatic heterocycles. The van der Waals surface area contributed by atoms with E-state index in [1.54, 1.807) is 0 Å². The first-order valence-electron chi connectivity index (χ1n) is 10.9. The minimum Gasteiger partial charge on any atom is -0.494 e. The molecule has 0 radical (unpaired) electrons. The molecule has 0 bridgehead atoms. The third-order valence-corrected chi connectivity index (χ3v) is 6.85. The molecule has 0 aliphatic rings. The fourth-order valence-corrected chi connectivity index (χ4v) is 4.41. The molecule has 0 N–H and O–H groups in total. The number of hydrogen-bond donors (Lipinski definition) is 0. The molecule has 154 valence electrons. The molecule has 0 unspecified atom stereocenters. The van der Waals surface area contributed by atoms with Crippen LogP contribution in [0, 0.1) is 0 Å². The smallest absolute Gasteiger partial charge is 0.160 e. The van der Waals surface area contributed by atoms with Crippen LogP contribution in [0.5, 0.6) is 11.5 Å². The average Bonchev–Trinajstić information content (AvgIpc) is 2.74. The lowest BCUT2D eigenvalue weighted by Gasteiger charge is -2.08. The lowest BCUT2D eigenvalue weighted by Crippen LogP contribution is -2.02. The van der Waals surface area contributed by atoms with Crippen LogP contribution in [-0.2, 0) is 10.9 Å². The zero-order chi connectivity index (χ0) is 20.0. The first-order chi connectivity index (χ1) is 13.7. The molecule has 0 aromatic heterocycles. The molecule has 28 heavy (non-hydrogen) atoms. The summed E-state index contributed by atoms with van der Waals surface area (Å²) in [6.07, 6.45) is 12.2. The van der Waals surface area contributed by atoms with E-state index in [0.717, 1.165) is 37.6 Å². The van der Waals surface area contributed by atoms with Gasteiger partial charge in [-0.2, -0.15) is 0 Å². The van der Waals surface area contributed by atoms with E-state index in [4.69, 9.17) is 9.47 Å². The van der Waals surface area contributed by atoms with Crippen LogP contribution < -0.4 is 9.47 Å². The predicted molar refractivity (Wildman–Crippen MR) is 122 cm³/mol. The molecule has 0 amide bonds. The molecule has 0 spiro atoms. The van der Waals surface area contributed by atoms with Gasteiger partial charge in [-0.05, 0) is 61.4 Å². The number of rotatable bonds is 14. The summed E-state index contributed by atoms with van der Waals surface area (Å²) in [6, 6.07) is 17.2. The van der Waals surface area contributed by atoms with Crippen molar-refractivity contribution in [3.8, 4) is 11.5 Å². The Bertz CT molecular complexity index is 579. The van der Waals surface area contributed by atoms with E-state index in [9.17, 15) is 0 Å². The predicted octanol–water partition coefficient (Wildman–Crippen LogP) is 7.27. The number of unbranched alkanes of at least 4 members (excludes halogenated alkanes) is 6. The highest BCUT2D eigenvalue weighted by Gasteiger charge is 2.19. The van der Waals surface area contributed by atoms with Crippen LogP contribution in [0.4, 0.5) is 0 Å². The van der Waals surface area contributed by atoms with Gasteiger partial charge < -0.3 is 9.47 Å². The molecule has 0 saturated heterocycles. The Hall–Kier alpha value is -1.61. The van der Waals surface area contributed by atoms with Crippen molar-refractivity contribution in [2.45, 2.75) is 75.0 Å². The maximum absolute atomic E-state index is 5.86. The third kappa shape index (κ3) is 8.18. The van der Waals surface area contributed by atoms with Gasteiger partial charge in [-0.15, -0.1) is 0 Å². The molecule has 0 aliphatic carbocycles. The van der Waals surface area contributed by atoms with Crippen molar-refractivity contribution in [2.24, 2.45) is 0 Å². The molecule has 0 fully saturated rings. The van der Waals surface area contributed by atoms with Gasteiger partial charge in [-0.25, -0.2) is 0 Å². The molecule has 0 heterocycles. The van der Waals surface area contributed by atoms with Crippen molar-refractivity contribution in [1.82, 2.24) is 0 Å². The third-order valence-electron chi connectivity index (χ3n) is 4.89. The van der Waals surface area contributed by atoms with E-state index in [1.807, 2.05) is 0 Å². The summed E-state index contributed by atoms with van der Waals surface area (Å²) in [5.41, 5.74) is 0. The summed E-state index contributed by atoms with van der Waals surface area (Å²) in [4.78, 5) is 2.68. The molecular formula is C25H37O2S+. The summed E-state index contributed by atoms with van der Waals surface area (Å²) in [6.45, 7) is 6.10. The maximum Gasteiger partial charge on any atom is 0.160 e. The highest BCUT2D eigenvalue weighted by Crippen LogP contribution is 2.25. The standard InChI is InChI=1S/C25H37O2S/c1-4-6-8-10-20-26-22-12-16-24(17-13-22)28(3)25-18-14-23(15-19-25)27-21-11-9-7-5-2/h12-19H,4-11,20-21H2,1-3H3/q+1. The Morgan fingerprint density at radius 2 is 0.964 bits per heavy atom. The highest BCUT2D eigenvalue weighted by atomic mass is 32.2. The lowest BCUT2D eigenvalue weighted by molar-refractivity contribution is 0.305. The van der Waals surface area contributed by atoms with Crippen LogP contribution in [0.25, 0.3) is 0 Å². The molecule has 3 heteroatoms. The van der Waals surface area contributed by atoms with Crippen molar-refractivity contribution < 1.29 is 9.47 Å². The Morgan fingerprint density at radius 3 is 1.32 bits per heavy atom.